The molecule has 0 saturated heterocycles. The van der Waals surface area contributed by atoms with Crippen LogP contribution in [0.1, 0.15) is 10.5 Å². The van der Waals surface area contributed by atoms with E-state index in [4.69, 9.17) is 0 Å². The van der Waals surface area contributed by atoms with Crippen LogP contribution in [0.15, 0.2) is 60.8 Å². The van der Waals surface area contributed by atoms with Crippen LogP contribution in [0, 0.1) is 17.5 Å². The zero-order valence-electron chi connectivity index (χ0n) is 12.8. The SMILES string of the molecule is O=C(Nc1ccccc1F)c1cc(Nc2c(F)cccc2F)ccn1. The number of hydrogen-bond acceptors (Lipinski definition) is 3. The van der Waals surface area contributed by atoms with Crippen LogP contribution in [-0.4, -0.2) is 10.9 Å². The fourth-order valence-corrected chi connectivity index (χ4v) is 2.14. The number of carbonyl (C=O) groups is 1. The first-order valence-electron chi connectivity index (χ1n) is 7.27. The van der Waals surface area contributed by atoms with Crippen LogP contribution in [0.2, 0.25) is 0 Å². The molecule has 0 aliphatic carbocycles. The summed E-state index contributed by atoms with van der Waals surface area (Å²) in [4.78, 5) is 16.1. The Labute approximate surface area is 141 Å². The Bertz CT molecular complexity index is 911. The smallest absolute Gasteiger partial charge is 0.274 e. The van der Waals surface area contributed by atoms with Gasteiger partial charge in [-0.15, -0.1) is 0 Å². The van der Waals surface area contributed by atoms with Gasteiger partial charge in [0, 0.05) is 11.9 Å². The monoisotopic (exact) mass is 343 g/mol. The average Bonchev–Trinajstić information content (AvgIpc) is 2.60. The first-order valence-corrected chi connectivity index (χ1v) is 7.27. The fourth-order valence-electron chi connectivity index (χ4n) is 2.14. The number of nitrogens with zero attached hydrogens (tertiary/aromatic N) is 1. The number of hydrogen-bond donors (Lipinski definition) is 2. The van der Waals surface area contributed by atoms with E-state index in [1.165, 1.54) is 42.6 Å². The summed E-state index contributed by atoms with van der Waals surface area (Å²) < 4.78 is 41.0. The summed E-state index contributed by atoms with van der Waals surface area (Å²) in [5.74, 6) is -2.77. The maximum atomic E-state index is 13.7. The lowest BCUT2D eigenvalue weighted by Crippen LogP contribution is -2.14. The second kappa shape index (κ2) is 7.04. The molecular formula is C18H12F3N3O. The minimum Gasteiger partial charge on any atom is -0.351 e. The highest BCUT2D eigenvalue weighted by Gasteiger charge is 2.13. The van der Waals surface area contributed by atoms with Gasteiger partial charge < -0.3 is 10.6 Å². The van der Waals surface area contributed by atoms with Gasteiger partial charge in [0.25, 0.3) is 5.91 Å². The third kappa shape index (κ3) is 3.77. The zero-order chi connectivity index (χ0) is 17.8. The number of amides is 1. The van der Waals surface area contributed by atoms with Gasteiger partial charge in [0.2, 0.25) is 0 Å². The molecule has 25 heavy (non-hydrogen) atoms. The first kappa shape index (κ1) is 16.5. The maximum absolute atomic E-state index is 13.7. The molecule has 2 N–H and O–H groups in total. The van der Waals surface area contributed by atoms with Crippen LogP contribution in [0.5, 0.6) is 0 Å². The van der Waals surface area contributed by atoms with Crippen molar-refractivity contribution in [2.45, 2.75) is 0 Å². The summed E-state index contributed by atoms with van der Waals surface area (Å²) in [6.45, 7) is 0. The van der Waals surface area contributed by atoms with Crippen LogP contribution < -0.4 is 10.6 Å². The van der Waals surface area contributed by atoms with Crippen LogP contribution in [0.3, 0.4) is 0 Å². The second-order valence-electron chi connectivity index (χ2n) is 5.09. The van der Waals surface area contributed by atoms with Gasteiger partial charge in [0.05, 0.1) is 5.69 Å². The Kier molecular flexibility index (Phi) is 4.65. The lowest BCUT2D eigenvalue weighted by molar-refractivity contribution is 0.102. The van der Waals surface area contributed by atoms with Crippen molar-refractivity contribution in [1.29, 1.82) is 0 Å². The molecule has 0 aliphatic rings. The van der Waals surface area contributed by atoms with Crippen molar-refractivity contribution in [1.82, 2.24) is 4.98 Å². The Balaban J connectivity index is 1.82. The van der Waals surface area contributed by atoms with Gasteiger partial charge in [-0.05, 0) is 36.4 Å². The van der Waals surface area contributed by atoms with E-state index in [1.54, 1.807) is 6.07 Å². The minimum atomic E-state index is -0.769. The molecule has 0 bridgehead atoms. The summed E-state index contributed by atoms with van der Waals surface area (Å²) in [7, 11) is 0. The summed E-state index contributed by atoms with van der Waals surface area (Å²) in [6.07, 6.45) is 1.30. The molecule has 3 aromatic rings. The Morgan fingerprint density at radius 1 is 0.880 bits per heavy atom. The molecule has 0 aliphatic heterocycles. The molecule has 0 saturated carbocycles. The Morgan fingerprint density at radius 2 is 1.56 bits per heavy atom. The number of carbonyl (C=O) groups excluding carboxylic acids is 1. The van der Waals surface area contributed by atoms with E-state index in [1.807, 2.05) is 0 Å². The molecule has 0 radical (unpaired) electrons. The normalized spacial score (nSPS) is 10.4. The number of nitrogens with one attached hydrogen (secondary N) is 2. The first-order chi connectivity index (χ1) is 12.0. The fraction of sp³-hybridized carbons (Fsp3) is 0. The van der Waals surface area contributed by atoms with Crippen LogP contribution in [0.25, 0.3) is 0 Å². The average molecular weight is 343 g/mol. The number of para-hydroxylation sites is 2. The third-order valence-electron chi connectivity index (χ3n) is 3.35. The number of rotatable bonds is 4. The van der Waals surface area contributed by atoms with Gasteiger partial charge in [0.15, 0.2) is 0 Å². The molecule has 1 amide bonds. The molecule has 2 aromatic carbocycles. The highest BCUT2D eigenvalue weighted by molar-refractivity contribution is 6.03. The number of benzene rings is 2. The van der Waals surface area contributed by atoms with Crippen molar-refractivity contribution >= 4 is 23.0 Å². The lowest BCUT2D eigenvalue weighted by Gasteiger charge is -2.10. The van der Waals surface area contributed by atoms with Gasteiger partial charge in [0.1, 0.15) is 28.8 Å². The van der Waals surface area contributed by atoms with Gasteiger partial charge >= 0.3 is 0 Å². The Hall–Kier alpha value is -3.35. The zero-order valence-corrected chi connectivity index (χ0v) is 12.8. The summed E-state index contributed by atoms with van der Waals surface area (Å²) in [6, 6.07) is 11.9. The standard InChI is InChI=1S/C18H12F3N3O/c19-12-4-1-2-7-15(12)24-18(25)16-10-11(8-9-22-16)23-17-13(20)5-3-6-14(17)21/h1-10H,(H,22,23)(H,24,25). The lowest BCUT2D eigenvalue weighted by atomic mass is 10.2. The van der Waals surface area contributed by atoms with Gasteiger partial charge in [-0.2, -0.15) is 0 Å². The van der Waals surface area contributed by atoms with E-state index in [2.05, 4.69) is 15.6 Å². The molecule has 0 unspecified atom stereocenters. The van der Waals surface area contributed by atoms with E-state index in [0.29, 0.717) is 0 Å². The van der Waals surface area contributed by atoms with Gasteiger partial charge in [-0.1, -0.05) is 18.2 Å². The predicted molar refractivity (Wildman–Crippen MR) is 88.2 cm³/mol. The molecule has 1 aromatic heterocycles. The number of aromatic nitrogens is 1. The molecule has 0 atom stereocenters. The Morgan fingerprint density at radius 3 is 2.28 bits per heavy atom. The van der Waals surface area contributed by atoms with Crippen molar-refractivity contribution in [2.75, 3.05) is 10.6 Å². The number of pyridine rings is 1. The van der Waals surface area contributed by atoms with Crippen molar-refractivity contribution in [3.63, 3.8) is 0 Å². The molecule has 0 spiro atoms. The quantitative estimate of drug-likeness (QED) is 0.734. The molecule has 126 valence electrons. The molecule has 1 heterocycles. The van der Waals surface area contributed by atoms with Crippen molar-refractivity contribution < 1.29 is 18.0 Å². The van der Waals surface area contributed by atoms with E-state index >= 15 is 0 Å². The van der Waals surface area contributed by atoms with Crippen LogP contribution in [-0.2, 0) is 0 Å². The highest BCUT2D eigenvalue weighted by atomic mass is 19.1. The summed E-state index contributed by atoms with van der Waals surface area (Å²) in [5.41, 5.74) is -0.107. The third-order valence-corrected chi connectivity index (χ3v) is 3.35. The molecular weight excluding hydrogens is 331 g/mol. The predicted octanol–water partition coefficient (Wildman–Crippen LogP) is 4.49. The van der Waals surface area contributed by atoms with Crippen molar-refractivity contribution in [2.24, 2.45) is 0 Å². The van der Waals surface area contributed by atoms with E-state index in [0.717, 1.165) is 12.1 Å². The molecule has 4 nitrogen and oxygen atoms in total. The topological polar surface area (TPSA) is 54.0 Å². The number of halogens is 3. The summed E-state index contributed by atoms with van der Waals surface area (Å²) >= 11 is 0. The second-order valence-corrected chi connectivity index (χ2v) is 5.09. The van der Waals surface area contributed by atoms with E-state index in [-0.39, 0.29) is 22.8 Å². The number of anilines is 3. The van der Waals surface area contributed by atoms with Gasteiger partial charge in [-0.3, -0.25) is 9.78 Å². The minimum absolute atomic E-state index is 0.00723. The van der Waals surface area contributed by atoms with Crippen LogP contribution in [0.4, 0.5) is 30.2 Å². The molecule has 7 heteroatoms. The van der Waals surface area contributed by atoms with E-state index in [9.17, 15) is 18.0 Å². The van der Waals surface area contributed by atoms with Crippen molar-refractivity contribution in [3.8, 4) is 0 Å². The van der Waals surface area contributed by atoms with Gasteiger partial charge in [-0.25, -0.2) is 13.2 Å². The van der Waals surface area contributed by atoms with E-state index < -0.39 is 23.4 Å². The van der Waals surface area contributed by atoms with Crippen LogP contribution >= 0.6 is 0 Å². The summed E-state index contributed by atoms with van der Waals surface area (Å²) in [5, 5.41) is 4.95. The highest BCUT2D eigenvalue weighted by Crippen LogP contribution is 2.23. The van der Waals surface area contributed by atoms with Crippen molar-refractivity contribution in [3.05, 3.63) is 83.9 Å². The molecule has 0 fully saturated rings. The molecule has 3 rings (SSSR count). The largest absolute Gasteiger partial charge is 0.351 e. The maximum Gasteiger partial charge on any atom is 0.274 e.